The molecule has 0 spiro atoms. The SMILES string of the molecule is Cc1cc2c(cn1)N(c1ccccc1)C(c1[c-]c3oc4nc(C)ccc4c3cc1)[N-]2.[CH3][Ge]([CH3])([CH3])[c]1cnc(-c2[c-]cccc2)cc1Cc1ccccc1.[Ir+3]. The molecular formula is C46H40GeIrN5O. The second-order valence-electron chi connectivity index (χ2n) is 14.5. The van der Waals surface area contributed by atoms with E-state index < -0.39 is 13.3 Å². The zero-order valence-electron chi connectivity index (χ0n) is 31.0. The van der Waals surface area contributed by atoms with Crippen LogP contribution in [0.15, 0.2) is 138 Å². The Morgan fingerprint density at radius 2 is 1.52 bits per heavy atom. The van der Waals surface area contributed by atoms with Gasteiger partial charge in [-0.2, -0.15) is 17.7 Å². The minimum absolute atomic E-state index is 0. The summed E-state index contributed by atoms with van der Waals surface area (Å²) in [5, 5.41) is 7.03. The van der Waals surface area contributed by atoms with Gasteiger partial charge in [-0.15, -0.1) is 11.8 Å². The first-order valence-electron chi connectivity index (χ1n) is 18.0. The maximum atomic E-state index is 6.03. The van der Waals surface area contributed by atoms with Crippen LogP contribution in [-0.4, -0.2) is 28.2 Å². The molecule has 8 aromatic rings. The molecule has 6 nitrogen and oxygen atoms in total. The quantitative estimate of drug-likeness (QED) is 0.123. The maximum Gasteiger partial charge on any atom is 3.00 e. The Morgan fingerprint density at radius 3 is 2.26 bits per heavy atom. The number of benzene rings is 4. The van der Waals surface area contributed by atoms with Crippen LogP contribution in [0.25, 0.3) is 38.6 Å². The van der Waals surface area contributed by atoms with Gasteiger partial charge in [-0.3, -0.25) is 4.98 Å². The minimum atomic E-state index is -1.96. The van der Waals surface area contributed by atoms with Gasteiger partial charge in [0.15, 0.2) is 0 Å². The molecule has 0 aliphatic carbocycles. The molecule has 0 fully saturated rings. The Kier molecular flexibility index (Phi) is 10.8. The predicted molar refractivity (Wildman–Crippen MR) is 219 cm³/mol. The molecule has 1 atom stereocenters. The molecule has 4 aromatic heterocycles. The normalized spacial score (nSPS) is 13.5. The summed E-state index contributed by atoms with van der Waals surface area (Å²) in [5.74, 6) is 7.29. The monoisotopic (exact) mass is 945 g/mol. The van der Waals surface area contributed by atoms with Crippen molar-refractivity contribution in [3.8, 4) is 11.3 Å². The topological polar surface area (TPSA) is 69.2 Å². The van der Waals surface area contributed by atoms with Gasteiger partial charge in [-0.25, -0.2) is 4.98 Å². The van der Waals surface area contributed by atoms with Gasteiger partial charge >= 0.3 is 162 Å². The van der Waals surface area contributed by atoms with Crippen molar-refractivity contribution in [2.75, 3.05) is 4.90 Å². The average Bonchev–Trinajstić information content (AvgIpc) is 3.73. The van der Waals surface area contributed by atoms with Gasteiger partial charge in [0.25, 0.3) is 0 Å². The number of fused-ring (bicyclic) bond motifs is 4. The molecule has 8 heteroatoms. The number of nitrogens with zero attached hydrogens (tertiary/aromatic N) is 5. The van der Waals surface area contributed by atoms with Gasteiger partial charge in [0.2, 0.25) is 5.71 Å². The van der Waals surface area contributed by atoms with Crippen molar-refractivity contribution in [2.24, 2.45) is 0 Å². The molecule has 0 amide bonds. The molecule has 9 rings (SSSR count). The van der Waals surface area contributed by atoms with Crippen molar-refractivity contribution in [3.05, 3.63) is 179 Å². The smallest absolute Gasteiger partial charge is 3.00 e. The van der Waals surface area contributed by atoms with Gasteiger partial charge in [0, 0.05) is 34.5 Å². The Labute approximate surface area is 333 Å². The minimum Gasteiger partial charge on any atom is 3.00 e. The second kappa shape index (κ2) is 15.7. The molecule has 0 saturated heterocycles. The van der Waals surface area contributed by atoms with Gasteiger partial charge in [-0.1, -0.05) is 35.7 Å². The fourth-order valence-electron chi connectivity index (χ4n) is 6.90. The number of pyridine rings is 3. The number of aromatic nitrogens is 3. The molecule has 5 heterocycles. The molecule has 0 bridgehead atoms. The van der Waals surface area contributed by atoms with E-state index in [1.165, 1.54) is 15.5 Å². The molecule has 0 radical (unpaired) electrons. The van der Waals surface area contributed by atoms with E-state index in [0.717, 1.165) is 62.5 Å². The number of hydrogen-bond acceptors (Lipinski definition) is 5. The summed E-state index contributed by atoms with van der Waals surface area (Å²) in [7, 11) is 0. The van der Waals surface area contributed by atoms with Crippen molar-refractivity contribution >= 4 is 56.8 Å². The van der Waals surface area contributed by atoms with Crippen molar-refractivity contribution in [1.82, 2.24) is 15.0 Å². The zero-order valence-corrected chi connectivity index (χ0v) is 35.5. The van der Waals surface area contributed by atoms with Crippen LogP contribution in [0, 0.1) is 26.0 Å². The first-order chi connectivity index (χ1) is 25.7. The van der Waals surface area contributed by atoms with Crippen LogP contribution in [0.1, 0.15) is 34.2 Å². The molecule has 1 aliphatic heterocycles. The molecule has 0 saturated carbocycles. The Balaban J connectivity index is 0.000000170. The van der Waals surface area contributed by atoms with Crippen LogP contribution in [0.2, 0.25) is 17.3 Å². The summed E-state index contributed by atoms with van der Waals surface area (Å²) in [5.41, 5.74) is 12.0. The molecule has 0 N–H and O–H groups in total. The van der Waals surface area contributed by atoms with Crippen LogP contribution in [0.5, 0.6) is 0 Å². The third-order valence-corrected chi connectivity index (χ3v) is 13.9. The van der Waals surface area contributed by atoms with E-state index in [1.807, 2.05) is 68.6 Å². The Hall–Kier alpha value is -5.08. The summed E-state index contributed by atoms with van der Waals surface area (Å²) >= 11 is -1.96. The van der Waals surface area contributed by atoms with Crippen LogP contribution in [0.4, 0.5) is 17.1 Å². The van der Waals surface area contributed by atoms with Crippen LogP contribution in [0.3, 0.4) is 0 Å². The first kappa shape index (κ1) is 37.2. The van der Waals surface area contributed by atoms with Crippen LogP contribution >= 0.6 is 0 Å². The Morgan fingerprint density at radius 1 is 0.778 bits per heavy atom. The zero-order chi connectivity index (χ0) is 36.5. The first-order valence-corrected chi connectivity index (χ1v) is 25.3. The third-order valence-electron chi connectivity index (χ3n) is 9.52. The number of hydrogen-bond donors (Lipinski definition) is 0. The van der Waals surface area contributed by atoms with Crippen LogP contribution in [-0.2, 0) is 26.5 Å². The predicted octanol–water partition coefficient (Wildman–Crippen LogP) is 11.3. The van der Waals surface area contributed by atoms with Crippen molar-refractivity contribution in [2.45, 2.75) is 43.7 Å². The summed E-state index contributed by atoms with van der Waals surface area (Å²) in [6.45, 7) is 3.95. The largest absolute Gasteiger partial charge is 3.00 e. The number of furan rings is 1. The maximum absolute atomic E-state index is 6.03. The molecule has 1 aliphatic rings. The molecule has 54 heavy (non-hydrogen) atoms. The number of aryl methyl sites for hydroxylation is 2. The van der Waals surface area contributed by atoms with Gasteiger partial charge in [-0.05, 0) is 43.6 Å². The van der Waals surface area contributed by atoms with Crippen LogP contribution < -0.4 is 9.30 Å². The fraction of sp³-hybridized carbons (Fsp3) is 0.152. The molecule has 268 valence electrons. The van der Waals surface area contributed by atoms with Gasteiger partial charge < -0.3 is 14.6 Å². The summed E-state index contributed by atoms with van der Waals surface area (Å²) in [6, 6.07) is 48.3. The van der Waals surface area contributed by atoms with Crippen molar-refractivity contribution in [3.63, 3.8) is 0 Å². The second-order valence-corrected chi connectivity index (χ2v) is 25.1. The number of anilines is 2. The van der Waals surface area contributed by atoms with E-state index in [0.29, 0.717) is 11.3 Å². The van der Waals surface area contributed by atoms with E-state index in [1.54, 1.807) is 0 Å². The van der Waals surface area contributed by atoms with E-state index in [4.69, 9.17) is 14.7 Å². The van der Waals surface area contributed by atoms with E-state index in [2.05, 4.69) is 123 Å². The number of rotatable bonds is 6. The standard InChI is InChI=1S/C25H18N4O.C21H22GeN.Ir/c1-15-8-10-20-19-11-9-17(13-23(19)30-25(20)27-15)24-28-21-12-16(2)26-14-22(21)29(24)18-6-4-3-5-7-18;1-22(2,3)20-16-23-21(18-12-8-5-9-13-18)15-19(20)14-17-10-6-4-7-11-17;/h3-12,14,24H,1-2H3;4-12,15-16H,14H2,1-3H3;/q-2;-1;+3. The molecular weight excluding hydrogens is 903 g/mol. The van der Waals surface area contributed by atoms with E-state index in [9.17, 15) is 0 Å². The summed E-state index contributed by atoms with van der Waals surface area (Å²) < 4.78 is 7.53. The van der Waals surface area contributed by atoms with E-state index >= 15 is 0 Å². The average molecular weight is 944 g/mol. The fourth-order valence-corrected chi connectivity index (χ4v) is 10.2. The third kappa shape index (κ3) is 7.76. The van der Waals surface area contributed by atoms with E-state index in [-0.39, 0.29) is 26.3 Å². The summed E-state index contributed by atoms with van der Waals surface area (Å²) in [6.07, 6.45) is 4.75. The van der Waals surface area contributed by atoms with Crippen molar-refractivity contribution in [1.29, 1.82) is 0 Å². The molecule has 1 unspecified atom stereocenters. The van der Waals surface area contributed by atoms with Gasteiger partial charge in [0.1, 0.15) is 0 Å². The van der Waals surface area contributed by atoms with Crippen molar-refractivity contribution < 1.29 is 24.5 Å². The Bertz CT molecular complexity index is 2540. The molecule has 4 aromatic carbocycles. The van der Waals surface area contributed by atoms with Gasteiger partial charge in [0.05, 0.1) is 0 Å². The summed E-state index contributed by atoms with van der Waals surface area (Å²) in [4.78, 5) is 16.0. The number of para-hydroxylation sites is 1.